The quantitative estimate of drug-likeness (QED) is 0.812. The Kier molecular flexibility index (Phi) is 4.31. The van der Waals surface area contributed by atoms with Crippen molar-refractivity contribution in [1.29, 1.82) is 0 Å². The molecule has 2 N–H and O–H groups in total. The van der Waals surface area contributed by atoms with Crippen molar-refractivity contribution >= 4 is 11.6 Å². The van der Waals surface area contributed by atoms with Crippen LogP contribution >= 0.6 is 0 Å². The van der Waals surface area contributed by atoms with Crippen LogP contribution < -0.4 is 10.6 Å². The summed E-state index contributed by atoms with van der Waals surface area (Å²) in [5, 5.41) is 0. The molecule has 0 bridgehead atoms. The molecular formula is C12H18N2O. The molecule has 0 unspecified atom stereocenters. The van der Waals surface area contributed by atoms with Crippen LogP contribution in [0.5, 0.6) is 0 Å². The molecule has 1 aromatic rings. The van der Waals surface area contributed by atoms with Crippen LogP contribution in [0.2, 0.25) is 0 Å². The molecule has 0 atom stereocenters. The van der Waals surface area contributed by atoms with Crippen LogP contribution in [0.3, 0.4) is 0 Å². The average Bonchev–Trinajstić information content (AvgIpc) is 2.30. The largest absolute Gasteiger partial charge is 0.322 e. The van der Waals surface area contributed by atoms with Gasteiger partial charge in [-0.3, -0.25) is 4.79 Å². The summed E-state index contributed by atoms with van der Waals surface area (Å²) in [5.41, 5.74) is 7.55. The van der Waals surface area contributed by atoms with E-state index in [4.69, 9.17) is 5.73 Å². The van der Waals surface area contributed by atoms with E-state index in [9.17, 15) is 4.79 Å². The van der Waals surface area contributed by atoms with Gasteiger partial charge in [-0.25, -0.2) is 0 Å². The lowest BCUT2D eigenvalue weighted by molar-refractivity contribution is -0.117. The topological polar surface area (TPSA) is 46.3 Å². The standard InChI is InChI=1S/C12H18N2O/c1-3-10-5-7-11(8-6-10)14(4-2)12(15)9-13/h5-8H,3-4,9,13H2,1-2H3. The summed E-state index contributed by atoms with van der Waals surface area (Å²) in [6.07, 6.45) is 1.01. The van der Waals surface area contributed by atoms with Crippen LogP contribution in [0, 0.1) is 0 Å². The highest BCUT2D eigenvalue weighted by Crippen LogP contribution is 2.15. The van der Waals surface area contributed by atoms with E-state index < -0.39 is 0 Å². The highest BCUT2D eigenvalue weighted by molar-refractivity contribution is 5.94. The molecule has 0 fully saturated rings. The van der Waals surface area contributed by atoms with Gasteiger partial charge in [0, 0.05) is 12.2 Å². The molecule has 3 heteroatoms. The molecule has 0 aliphatic carbocycles. The zero-order chi connectivity index (χ0) is 11.3. The van der Waals surface area contributed by atoms with Crippen LogP contribution in [-0.2, 0) is 11.2 Å². The van der Waals surface area contributed by atoms with Crippen LogP contribution in [-0.4, -0.2) is 19.0 Å². The number of likely N-dealkylation sites (N-methyl/N-ethyl adjacent to an activating group) is 1. The summed E-state index contributed by atoms with van der Waals surface area (Å²) >= 11 is 0. The van der Waals surface area contributed by atoms with Crippen LogP contribution in [0.15, 0.2) is 24.3 Å². The number of nitrogens with zero attached hydrogens (tertiary/aromatic N) is 1. The maximum atomic E-state index is 11.5. The van der Waals surface area contributed by atoms with Crippen molar-refractivity contribution in [2.75, 3.05) is 18.0 Å². The third kappa shape index (κ3) is 2.80. The Hall–Kier alpha value is -1.35. The van der Waals surface area contributed by atoms with Crippen molar-refractivity contribution in [3.05, 3.63) is 29.8 Å². The maximum Gasteiger partial charge on any atom is 0.240 e. The molecule has 0 saturated carbocycles. The number of nitrogens with two attached hydrogens (primary N) is 1. The summed E-state index contributed by atoms with van der Waals surface area (Å²) < 4.78 is 0. The number of benzene rings is 1. The molecule has 0 aliphatic rings. The second-order valence-corrected chi connectivity index (χ2v) is 3.36. The zero-order valence-electron chi connectivity index (χ0n) is 9.36. The third-order valence-corrected chi connectivity index (χ3v) is 2.45. The van der Waals surface area contributed by atoms with Crippen molar-refractivity contribution in [3.63, 3.8) is 0 Å². The predicted octanol–water partition coefficient (Wildman–Crippen LogP) is 1.56. The highest BCUT2D eigenvalue weighted by atomic mass is 16.2. The smallest absolute Gasteiger partial charge is 0.240 e. The first kappa shape index (κ1) is 11.7. The van der Waals surface area contributed by atoms with Crippen molar-refractivity contribution < 1.29 is 4.79 Å². The fourth-order valence-corrected chi connectivity index (χ4v) is 1.52. The lowest BCUT2D eigenvalue weighted by Gasteiger charge is -2.20. The number of aryl methyl sites for hydroxylation is 1. The number of rotatable bonds is 4. The minimum Gasteiger partial charge on any atom is -0.322 e. The summed E-state index contributed by atoms with van der Waals surface area (Å²) in [6, 6.07) is 8.02. The fourth-order valence-electron chi connectivity index (χ4n) is 1.52. The van der Waals surface area contributed by atoms with Crippen molar-refractivity contribution in [1.82, 2.24) is 0 Å². The zero-order valence-corrected chi connectivity index (χ0v) is 9.36. The molecule has 0 spiro atoms. The van der Waals surface area contributed by atoms with Gasteiger partial charge in [-0.2, -0.15) is 0 Å². The van der Waals surface area contributed by atoms with E-state index in [-0.39, 0.29) is 12.5 Å². The SMILES string of the molecule is CCc1ccc(N(CC)C(=O)CN)cc1. The number of hydrogen-bond acceptors (Lipinski definition) is 2. The van der Waals surface area contributed by atoms with Crippen molar-refractivity contribution in [2.24, 2.45) is 5.73 Å². The summed E-state index contributed by atoms with van der Waals surface area (Å²) in [7, 11) is 0. The highest BCUT2D eigenvalue weighted by Gasteiger charge is 2.11. The molecule has 82 valence electrons. The molecule has 0 radical (unpaired) electrons. The van der Waals surface area contributed by atoms with Crippen molar-refractivity contribution in [2.45, 2.75) is 20.3 Å². The minimum absolute atomic E-state index is 0.0400. The van der Waals surface area contributed by atoms with E-state index in [1.165, 1.54) is 5.56 Å². The Morgan fingerprint density at radius 3 is 2.27 bits per heavy atom. The molecule has 3 nitrogen and oxygen atoms in total. The Labute approximate surface area is 90.9 Å². The van der Waals surface area contributed by atoms with Crippen LogP contribution in [0.1, 0.15) is 19.4 Å². The summed E-state index contributed by atoms with van der Waals surface area (Å²) in [4.78, 5) is 13.2. The van der Waals surface area contributed by atoms with Gasteiger partial charge in [0.15, 0.2) is 0 Å². The molecular weight excluding hydrogens is 188 g/mol. The average molecular weight is 206 g/mol. The van der Waals surface area contributed by atoms with E-state index >= 15 is 0 Å². The van der Waals surface area contributed by atoms with E-state index in [1.807, 2.05) is 31.2 Å². The van der Waals surface area contributed by atoms with Gasteiger partial charge in [0.05, 0.1) is 6.54 Å². The summed E-state index contributed by atoms with van der Waals surface area (Å²) in [6.45, 7) is 4.77. The van der Waals surface area contributed by atoms with Gasteiger partial charge >= 0.3 is 0 Å². The van der Waals surface area contributed by atoms with E-state index in [2.05, 4.69) is 6.92 Å². The van der Waals surface area contributed by atoms with Crippen molar-refractivity contribution in [3.8, 4) is 0 Å². The first-order valence-electron chi connectivity index (χ1n) is 5.32. The molecule has 0 aliphatic heterocycles. The van der Waals surface area contributed by atoms with Gasteiger partial charge in [0.2, 0.25) is 5.91 Å². The number of amides is 1. The van der Waals surface area contributed by atoms with Gasteiger partial charge in [-0.1, -0.05) is 19.1 Å². The molecule has 1 aromatic carbocycles. The second kappa shape index (κ2) is 5.51. The predicted molar refractivity (Wildman–Crippen MR) is 62.9 cm³/mol. The first-order chi connectivity index (χ1) is 7.22. The maximum absolute atomic E-state index is 11.5. The number of anilines is 1. The Bertz CT molecular complexity index is 319. The van der Waals surface area contributed by atoms with Gasteiger partial charge in [0.25, 0.3) is 0 Å². The first-order valence-corrected chi connectivity index (χ1v) is 5.32. The number of carbonyl (C=O) groups is 1. The molecule has 0 aromatic heterocycles. The van der Waals surface area contributed by atoms with E-state index in [0.717, 1.165) is 12.1 Å². The normalized spacial score (nSPS) is 10.1. The van der Waals surface area contributed by atoms with E-state index in [1.54, 1.807) is 4.90 Å². The number of hydrogen-bond donors (Lipinski definition) is 1. The van der Waals surface area contributed by atoms with Gasteiger partial charge in [0.1, 0.15) is 0 Å². The Morgan fingerprint density at radius 1 is 1.27 bits per heavy atom. The van der Waals surface area contributed by atoms with Crippen LogP contribution in [0.25, 0.3) is 0 Å². The second-order valence-electron chi connectivity index (χ2n) is 3.36. The fraction of sp³-hybridized carbons (Fsp3) is 0.417. The number of carbonyl (C=O) groups excluding carboxylic acids is 1. The third-order valence-electron chi connectivity index (χ3n) is 2.45. The molecule has 1 rings (SSSR count). The van der Waals surface area contributed by atoms with Gasteiger partial charge in [-0.15, -0.1) is 0 Å². The van der Waals surface area contributed by atoms with E-state index in [0.29, 0.717) is 6.54 Å². The molecule has 1 amide bonds. The Balaban J connectivity index is 2.87. The monoisotopic (exact) mass is 206 g/mol. The van der Waals surface area contributed by atoms with Gasteiger partial charge in [-0.05, 0) is 31.0 Å². The lowest BCUT2D eigenvalue weighted by Crippen LogP contribution is -2.35. The van der Waals surface area contributed by atoms with Gasteiger partial charge < -0.3 is 10.6 Å². The molecule has 15 heavy (non-hydrogen) atoms. The van der Waals surface area contributed by atoms with Crippen LogP contribution in [0.4, 0.5) is 5.69 Å². The minimum atomic E-state index is -0.0400. The molecule has 0 saturated heterocycles. The Morgan fingerprint density at radius 2 is 1.87 bits per heavy atom. The summed E-state index contributed by atoms with van der Waals surface area (Å²) in [5.74, 6) is -0.0400. The molecule has 0 heterocycles. The lowest BCUT2D eigenvalue weighted by atomic mass is 10.1.